The summed E-state index contributed by atoms with van der Waals surface area (Å²) >= 11 is 0. The van der Waals surface area contributed by atoms with Gasteiger partial charge in [0.15, 0.2) is 0 Å². The van der Waals surface area contributed by atoms with Crippen molar-refractivity contribution in [3.8, 4) is 11.8 Å². The van der Waals surface area contributed by atoms with Crippen LogP contribution in [-0.2, 0) is 11.2 Å². The topological polar surface area (TPSA) is 134 Å². The molecule has 0 saturated heterocycles. The third-order valence-electron chi connectivity index (χ3n) is 5.93. The van der Waals surface area contributed by atoms with Gasteiger partial charge in [-0.05, 0) is 50.5 Å². The number of rotatable bonds is 9. The lowest BCUT2D eigenvalue weighted by Gasteiger charge is -2.13. The summed E-state index contributed by atoms with van der Waals surface area (Å²) in [4.78, 5) is 38.4. The molecule has 0 unspecified atom stereocenters. The number of nitrogen functional groups attached to an aromatic ring is 1. The average Bonchev–Trinajstić information content (AvgIpc) is 3.30. The zero-order chi connectivity index (χ0) is 24.9. The van der Waals surface area contributed by atoms with Gasteiger partial charge in [-0.1, -0.05) is 29.8 Å². The maximum Gasteiger partial charge on any atom is 0.261 e. The largest absolute Gasteiger partial charge is 0.382 e. The third-order valence-corrected chi connectivity index (χ3v) is 5.93. The van der Waals surface area contributed by atoms with Gasteiger partial charge in [0, 0.05) is 19.5 Å². The van der Waals surface area contributed by atoms with E-state index in [2.05, 4.69) is 16.5 Å². The molecular weight excluding hydrogens is 444 g/mol. The maximum atomic E-state index is 12.5. The number of para-hydroxylation sites is 1. The molecule has 1 aromatic heterocycles. The van der Waals surface area contributed by atoms with Gasteiger partial charge < -0.3 is 11.1 Å². The smallest absolute Gasteiger partial charge is 0.261 e. The monoisotopic (exact) mass is 470 g/mol. The second-order valence-electron chi connectivity index (χ2n) is 8.43. The molecule has 1 aliphatic heterocycles. The van der Waals surface area contributed by atoms with Crippen LogP contribution in [0, 0.1) is 18.3 Å². The summed E-state index contributed by atoms with van der Waals surface area (Å²) in [5.41, 5.74) is 9.58. The highest BCUT2D eigenvalue weighted by atomic mass is 16.2. The van der Waals surface area contributed by atoms with Crippen molar-refractivity contribution in [3.05, 3.63) is 76.5 Å². The first kappa shape index (κ1) is 23.7. The normalized spacial score (nSPS) is 12.5. The Balaban J connectivity index is 1.23. The summed E-state index contributed by atoms with van der Waals surface area (Å²) in [6.45, 7) is 2.48. The van der Waals surface area contributed by atoms with Gasteiger partial charge in [-0.3, -0.25) is 19.3 Å². The predicted octanol–water partition coefficient (Wildman–Crippen LogP) is 2.76. The Kier molecular flexibility index (Phi) is 6.92. The lowest BCUT2D eigenvalue weighted by Crippen LogP contribution is -2.32. The number of imide groups is 1. The van der Waals surface area contributed by atoms with E-state index < -0.39 is 0 Å². The maximum absolute atomic E-state index is 12.5. The number of fused-ring (bicyclic) bond motifs is 1. The van der Waals surface area contributed by atoms with E-state index in [9.17, 15) is 19.6 Å². The highest BCUT2D eigenvalue weighted by molar-refractivity contribution is 6.21. The number of aromatic nitrogens is 2. The van der Waals surface area contributed by atoms with Crippen molar-refractivity contribution in [2.45, 2.75) is 32.6 Å². The Morgan fingerprint density at radius 1 is 1.09 bits per heavy atom. The second-order valence-corrected chi connectivity index (χ2v) is 8.43. The van der Waals surface area contributed by atoms with E-state index in [0.717, 1.165) is 11.3 Å². The number of carbonyl (C=O) groups is 3. The molecule has 0 atom stereocenters. The van der Waals surface area contributed by atoms with Crippen LogP contribution in [0.5, 0.6) is 0 Å². The first-order chi connectivity index (χ1) is 16.9. The second kappa shape index (κ2) is 10.2. The quantitative estimate of drug-likeness (QED) is 0.365. The molecule has 0 bridgehead atoms. The first-order valence-electron chi connectivity index (χ1n) is 11.5. The molecule has 3 amide bonds. The van der Waals surface area contributed by atoms with Crippen LogP contribution >= 0.6 is 0 Å². The zero-order valence-corrected chi connectivity index (χ0v) is 19.5. The fraction of sp³-hybridized carbons (Fsp3) is 0.269. The number of hydrogen-bond donors (Lipinski definition) is 2. The van der Waals surface area contributed by atoms with E-state index in [-0.39, 0.29) is 30.7 Å². The minimum Gasteiger partial charge on any atom is -0.382 e. The number of nitriles is 1. The molecule has 0 saturated carbocycles. The number of nitrogens with two attached hydrogens (primary N) is 1. The summed E-state index contributed by atoms with van der Waals surface area (Å²) in [7, 11) is 0. The molecule has 0 radical (unpaired) electrons. The van der Waals surface area contributed by atoms with E-state index in [1.54, 1.807) is 22.9 Å². The van der Waals surface area contributed by atoms with Gasteiger partial charge in [0.25, 0.3) is 11.8 Å². The van der Waals surface area contributed by atoms with Crippen molar-refractivity contribution in [1.82, 2.24) is 20.0 Å². The molecule has 35 heavy (non-hydrogen) atoms. The summed E-state index contributed by atoms with van der Waals surface area (Å²) in [6.07, 6.45) is 1.66. The molecule has 178 valence electrons. The van der Waals surface area contributed by atoms with E-state index in [1.165, 1.54) is 4.90 Å². The minimum absolute atomic E-state index is 0.160. The number of nitrogens with zero attached hydrogens (tertiary/aromatic N) is 4. The van der Waals surface area contributed by atoms with Gasteiger partial charge in [-0.25, -0.2) is 4.68 Å². The molecule has 1 aliphatic rings. The minimum atomic E-state index is -0.312. The number of anilines is 1. The molecule has 0 spiro atoms. The van der Waals surface area contributed by atoms with Gasteiger partial charge in [0.2, 0.25) is 5.91 Å². The molecule has 0 aliphatic carbocycles. The molecule has 3 N–H and O–H groups in total. The van der Waals surface area contributed by atoms with Crippen molar-refractivity contribution in [2.24, 2.45) is 0 Å². The third kappa shape index (κ3) is 4.92. The van der Waals surface area contributed by atoms with Crippen molar-refractivity contribution in [3.63, 3.8) is 0 Å². The lowest BCUT2D eigenvalue weighted by atomic mass is 10.1. The summed E-state index contributed by atoms with van der Waals surface area (Å²) in [6, 6.07) is 16.7. The zero-order valence-electron chi connectivity index (χ0n) is 19.5. The van der Waals surface area contributed by atoms with Gasteiger partial charge in [0.1, 0.15) is 17.5 Å². The fourth-order valence-corrected chi connectivity index (χ4v) is 4.12. The molecule has 3 aromatic rings. The molecule has 4 rings (SSSR count). The SMILES string of the molecule is Cc1ccc2c(c1)C(=O)N(CCCC(=O)NCCCc1nn(-c3ccccc3)c(N)c1C#N)C2=O. The van der Waals surface area contributed by atoms with E-state index in [1.807, 2.05) is 37.3 Å². The number of nitrogens with one attached hydrogen (secondary N) is 1. The van der Waals surface area contributed by atoms with Gasteiger partial charge in [-0.2, -0.15) is 10.4 Å². The number of benzene rings is 2. The van der Waals surface area contributed by atoms with Gasteiger partial charge >= 0.3 is 0 Å². The molecule has 9 heteroatoms. The van der Waals surface area contributed by atoms with Crippen LogP contribution < -0.4 is 11.1 Å². The molecule has 9 nitrogen and oxygen atoms in total. The Morgan fingerprint density at radius 3 is 2.57 bits per heavy atom. The number of amides is 3. The van der Waals surface area contributed by atoms with Gasteiger partial charge in [0.05, 0.1) is 22.5 Å². The average molecular weight is 471 g/mol. The van der Waals surface area contributed by atoms with Crippen LogP contribution in [0.15, 0.2) is 48.5 Å². The van der Waals surface area contributed by atoms with Crippen LogP contribution in [0.4, 0.5) is 5.82 Å². The van der Waals surface area contributed by atoms with Crippen LogP contribution in [0.3, 0.4) is 0 Å². The Bertz CT molecular complexity index is 1320. The van der Waals surface area contributed by atoms with Crippen molar-refractivity contribution >= 4 is 23.5 Å². The Morgan fingerprint density at radius 2 is 1.83 bits per heavy atom. The van der Waals surface area contributed by atoms with Crippen molar-refractivity contribution in [2.75, 3.05) is 18.8 Å². The number of carbonyl (C=O) groups excluding carboxylic acids is 3. The summed E-state index contributed by atoms with van der Waals surface area (Å²) < 4.78 is 1.55. The number of aryl methyl sites for hydroxylation is 2. The van der Waals surface area contributed by atoms with Crippen LogP contribution in [0.25, 0.3) is 5.69 Å². The molecule has 2 heterocycles. The molecule has 2 aromatic carbocycles. The summed E-state index contributed by atoms with van der Waals surface area (Å²) in [5, 5.41) is 16.8. The molecular formula is C26H26N6O3. The van der Waals surface area contributed by atoms with E-state index in [4.69, 9.17) is 5.73 Å². The van der Waals surface area contributed by atoms with Crippen LogP contribution in [-0.4, -0.2) is 45.5 Å². The predicted molar refractivity (Wildman–Crippen MR) is 130 cm³/mol. The highest BCUT2D eigenvalue weighted by Crippen LogP contribution is 2.24. The first-order valence-corrected chi connectivity index (χ1v) is 11.5. The van der Waals surface area contributed by atoms with E-state index >= 15 is 0 Å². The Labute approximate surface area is 203 Å². The highest BCUT2D eigenvalue weighted by Gasteiger charge is 2.34. The fourth-order valence-electron chi connectivity index (χ4n) is 4.12. The summed E-state index contributed by atoms with van der Waals surface area (Å²) in [5.74, 6) is -0.488. The standard InChI is InChI=1S/C26H26N6O3/c1-17-11-12-19-20(15-17)26(35)31(25(19)34)14-6-10-23(33)29-13-5-9-22-21(16-27)24(28)32(30-22)18-7-3-2-4-8-18/h2-4,7-8,11-12,15H,5-6,9-10,13-14,28H2,1H3,(H,29,33). The Hall–Kier alpha value is -4.45. The van der Waals surface area contributed by atoms with Crippen LogP contribution in [0.2, 0.25) is 0 Å². The van der Waals surface area contributed by atoms with E-state index in [0.29, 0.717) is 54.0 Å². The molecule has 0 fully saturated rings. The van der Waals surface area contributed by atoms with Crippen molar-refractivity contribution < 1.29 is 14.4 Å². The lowest BCUT2D eigenvalue weighted by molar-refractivity contribution is -0.121. The van der Waals surface area contributed by atoms with Crippen molar-refractivity contribution in [1.29, 1.82) is 5.26 Å². The van der Waals surface area contributed by atoms with Crippen LogP contribution in [0.1, 0.15) is 56.8 Å². The van der Waals surface area contributed by atoms with Gasteiger partial charge in [-0.15, -0.1) is 0 Å². The number of hydrogen-bond acceptors (Lipinski definition) is 6.